The fourth-order valence-electron chi connectivity index (χ4n) is 2.59. The molecule has 2 heterocycles. The van der Waals surface area contributed by atoms with Crippen LogP contribution in [0.2, 0.25) is 0 Å². The average molecular weight is 222 g/mol. The summed E-state index contributed by atoms with van der Waals surface area (Å²) in [4.78, 5) is 6.90. The molecule has 1 aromatic heterocycles. The lowest BCUT2D eigenvalue weighted by atomic mass is 9.96. The highest BCUT2D eigenvalue weighted by molar-refractivity contribution is 4.94. The Morgan fingerprint density at radius 1 is 1.50 bits per heavy atom. The van der Waals surface area contributed by atoms with Crippen LogP contribution >= 0.6 is 0 Å². The van der Waals surface area contributed by atoms with E-state index in [-0.39, 0.29) is 0 Å². The van der Waals surface area contributed by atoms with Crippen LogP contribution in [0, 0.1) is 0 Å². The molecule has 1 aliphatic rings. The molecule has 0 radical (unpaired) electrons. The molecule has 0 spiro atoms. The lowest BCUT2D eigenvalue weighted by Gasteiger charge is -2.39. The summed E-state index contributed by atoms with van der Waals surface area (Å²) in [5.41, 5.74) is 5.85. The Morgan fingerprint density at radius 2 is 2.31 bits per heavy atom. The SMILES string of the molecule is CC1CCCC(CN)N1Cc1nccn1C. The van der Waals surface area contributed by atoms with E-state index in [0.717, 1.165) is 18.9 Å². The number of piperidine rings is 1. The summed E-state index contributed by atoms with van der Waals surface area (Å²) >= 11 is 0. The third-order valence-electron chi connectivity index (χ3n) is 3.71. The van der Waals surface area contributed by atoms with Gasteiger partial charge in [-0.15, -0.1) is 0 Å². The van der Waals surface area contributed by atoms with Crippen molar-refractivity contribution in [2.24, 2.45) is 12.8 Å². The summed E-state index contributed by atoms with van der Waals surface area (Å²) in [6.45, 7) is 3.98. The lowest BCUT2D eigenvalue weighted by molar-refractivity contribution is 0.0854. The molecule has 2 atom stereocenters. The molecule has 0 aromatic carbocycles. The van der Waals surface area contributed by atoms with Crippen LogP contribution in [-0.4, -0.2) is 33.1 Å². The summed E-state index contributed by atoms with van der Waals surface area (Å²) in [6.07, 6.45) is 7.68. The molecule has 2 N–H and O–H groups in total. The van der Waals surface area contributed by atoms with Crippen molar-refractivity contribution in [1.29, 1.82) is 0 Å². The topological polar surface area (TPSA) is 47.1 Å². The zero-order valence-electron chi connectivity index (χ0n) is 10.3. The summed E-state index contributed by atoms with van der Waals surface area (Å²) in [6, 6.07) is 1.15. The van der Waals surface area contributed by atoms with E-state index in [1.807, 2.05) is 19.4 Å². The molecule has 0 amide bonds. The molecule has 0 aliphatic carbocycles. The molecule has 4 heteroatoms. The second kappa shape index (κ2) is 4.97. The summed E-state index contributed by atoms with van der Waals surface area (Å²) in [7, 11) is 2.05. The Hall–Kier alpha value is -0.870. The maximum absolute atomic E-state index is 5.85. The quantitative estimate of drug-likeness (QED) is 0.833. The van der Waals surface area contributed by atoms with Crippen molar-refractivity contribution in [3.05, 3.63) is 18.2 Å². The van der Waals surface area contributed by atoms with Crippen LogP contribution in [0.15, 0.2) is 12.4 Å². The van der Waals surface area contributed by atoms with E-state index in [4.69, 9.17) is 5.73 Å². The zero-order chi connectivity index (χ0) is 11.5. The van der Waals surface area contributed by atoms with Crippen LogP contribution in [0.5, 0.6) is 0 Å². The molecule has 0 saturated carbocycles. The molecular weight excluding hydrogens is 200 g/mol. The molecule has 4 nitrogen and oxygen atoms in total. The highest BCUT2D eigenvalue weighted by Crippen LogP contribution is 2.23. The van der Waals surface area contributed by atoms with E-state index in [0.29, 0.717) is 12.1 Å². The number of nitrogens with zero attached hydrogens (tertiary/aromatic N) is 3. The first kappa shape index (κ1) is 11.6. The number of aromatic nitrogens is 2. The normalized spacial score (nSPS) is 27.2. The van der Waals surface area contributed by atoms with Gasteiger partial charge in [-0.25, -0.2) is 4.98 Å². The summed E-state index contributed by atoms with van der Waals surface area (Å²) < 4.78 is 2.09. The number of aryl methyl sites for hydroxylation is 1. The average Bonchev–Trinajstić information content (AvgIpc) is 2.67. The number of nitrogens with two attached hydrogens (primary N) is 1. The number of hydrogen-bond acceptors (Lipinski definition) is 3. The van der Waals surface area contributed by atoms with Gasteiger partial charge >= 0.3 is 0 Å². The smallest absolute Gasteiger partial charge is 0.122 e. The van der Waals surface area contributed by atoms with Gasteiger partial charge in [-0.05, 0) is 19.8 Å². The van der Waals surface area contributed by atoms with E-state index in [1.165, 1.54) is 19.3 Å². The third-order valence-corrected chi connectivity index (χ3v) is 3.71. The number of likely N-dealkylation sites (tertiary alicyclic amines) is 1. The fourth-order valence-corrected chi connectivity index (χ4v) is 2.59. The summed E-state index contributed by atoms with van der Waals surface area (Å²) in [5.74, 6) is 1.13. The number of hydrogen-bond donors (Lipinski definition) is 1. The van der Waals surface area contributed by atoms with Crippen molar-refractivity contribution in [2.75, 3.05) is 6.54 Å². The second-order valence-corrected chi connectivity index (χ2v) is 4.80. The highest BCUT2D eigenvalue weighted by Gasteiger charge is 2.27. The number of rotatable bonds is 3. The molecule has 2 unspecified atom stereocenters. The number of imidazole rings is 1. The van der Waals surface area contributed by atoms with Crippen LogP contribution in [0.1, 0.15) is 32.0 Å². The van der Waals surface area contributed by atoms with Gasteiger partial charge in [0, 0.05) is 38.1 Å². The van der Waals surface area contributed by atoms with Gasteiger partial charge in [0.1, 0.15) is 5.82 Å². The van der Waals surface area contributed by atoms with E-state index in [1.54, 1.807) is 0 Å². The summed E-state index contributed by atoms with van der Waals surface area (Å²) in [5, 5.41) is 0. The van der Waals surface area contributed by atoms with Crippen molar-refractivity contribution in [2.45, 2.75) is 44.8 Å². The standard InChI is InChI=1S/C12H22N4/c1-10-4-3-5-11(8-13)16(10)9-12-14-6-7-15(12)2/h6-7,10-11H,3-5,8-9,13H2,1-2H3. The van der Waals surface area contributed by atoms with E-state index >= 15 is 0 Å². The molecule has 1 aromatic rings. The van der Waals surface area contributed by atoms with Crippen LogP contribution in [0.3, 0.4) is 0 Å². The Morgan fingerprint density at radius 3 is 2.94 bits per heavy atom. The van der Waals surface area contributed by atoms with Crippen molar-refractivity contribution < 1.29 is 0 Å². The molecule has 1 fully saturated rings. The first-order valence-corrected chi connectivity index (χ1v) is 6.14. The minimum Gasteiger partial charge on any atom is -0.337 e. The molecule has 1 saturated heterocycles. The maximum atomic E-state index is 5.85. The Kier molecular flexibility index (Phi) is 3.61. The van der Waals surface area contributed by atoms with Gasteiger partial charge in [0.15, 0.2) is 0 Å². The monoisotopic (exact) mass is 222 g/mol. The predicted octanol–water partition coefficient (Wildman–Crippen LogP) is 1.12. The Bertz CT molecular complexity index is 334. The lowest BCUT2D eigenvalue weighted by Crippen LogP contribution is -2.48. The highest BCUT2D eigenvalue weighted by atomic mass is 15.2. The van der Waals surface area contributed by atoms with Gasteiger partial charge in [-0.3, -0.25) is 4.90 Å². The van der Waals surface area contributed by atoms with Crippen molar-refractivity contribution >= 4 is 0 Å². The van der Waals surface area contributed by atoms with Gasteiger partial charge in [0.2, 0.25) is 0 Å². The first-order valence-electron chi connectivity index (χ1n) is 6.14. The third kappa shape index (κ3) is 2.28. The van der Waals surface area contributed by atoms with Crippen LogP contribution in [0.25, 0.3) is 0 Å². The minimum atomic E-state index is 0.528. The molecule has 90 valence electrons. The molecule has 2 rings (SSSR count). The Labute approximate surface area is 97.4 Å². The van der Waals surface area contributed by atoms with Crippen molar-refractivity contribution in [1.82, 2.24) is 14.5 Å². The largest absolute Gasteiger partial charge is 0.337 e. The van der Waals surface area contributed by atoms with Gasteiger partial charge in [0.25, 0.3) is 0 Å². The molecule has 16 heavy (non-hydrogen) atoms. The van der Waals surface area contributed by atoms with E-state index < -0.39 is 0 Å². The van der Waals surface area contributed by atoms with E-state index in [2.05, 4.69) is 21.4 Å². The van der Waals surface area contributed by atoms with Crippen molar-refractivity contribution in [3.63, 3.8) is 0 Å². The zero-order valence-corrected chi connectivity index (χ0v) is 10.3. The molecular formula is C12H22N4. The fraction of sp³-hybridized carbons (Fsp3) is 0.750. The van der Waals surface area contributed by atoms with Gasteiger partial charge in [-0.2, -0.15) is 0 Å². The van der Waals surface area contributed by atoms with Crippen LogP contribution in [-0.2, 0) is 13.6 Å². The minimum absolute atomic E-state index is 0.528. The van der Waals surface area contributed by atoms with Crippen molar-refractivity contribution in [3.8, 4) is 0 Å². The van der Waals surface area contributed by atoms with Gasteiger partial charge in [-0.1, -0.05) is 6.42 Å². The van der Waals surface area contributed by atoms with Gasteiger partial charge in [0.05, 0.1) is 6.54 Å². The first-order chi connectivity index (χ1) is 7.72. The Balaban J connectivity index is 2.08. The molecule has 0 bridgehead atoms. The van der Waals surface area contributed by atoms with Crippen LogP contribution < -0.4 is 5.73 Å². The predicted molar refractivity (Wildman–Crippen MR) is 64.9 cm³/mol. The second-order valence-electron chi connectivity index (χ2n) is 4.80. The maximum Gasteiger partial charge on any atom is 0.122 e. The van der Waals surface area contributed by atoms with E-state index in [9.17, 15) is 0 Å². The molecule has 1 aliphatic heterocycles. The van der Waals surface area contributed by atoms with Gasteiger partial charge < -0.3 is 10.3 Å². The van der Waals surface area contributed by atoms with Crippen LogP contribution in [0.4, 0.5) is 0 Å².